The summed E-state index contributed by atoms with van der Waals surface area (Å²) in [6.07, 6.45) is 3.72. The molecule has 0 spiro atoms. The number of fused-ring (bicyclic) bond motifs is 1. The molecule has 0 aromatic heterocycles. The molecule has 0 fully saturated rings. The first-order valence-corrected chi connectivity index (χ1v) is 6.43. The molecule has 4 heteroatoms. The Morgan fingerprint density at radius 3 is 3.00 bits per heavy atom. The first-order chi connectivity index (χ1) is 9.22. The third-order valence-corrected chi connectivity index (χ3v) is 3.02. The summed E-state index contributed by atoms with van der Waals surface area (Å²) in [4.78, 5) is 25.1. The number of Topliss-reactive ketones (excluding diaryl/α,β-unsaturated/α-hetero) is 1. The van der Waals surface area contributed by atoms with E-state index in [0.29, 0.717) is 26.1 Å². The summed E-state index contributed by atoms with van der Waals surface area (Å²) in [7, 11) is 0. The molecule has 0 N–H and O–H groups in total. The molecule has 2 rings (SSSR count). The summed E-state index contributed by atoms with van der Waals surface area (Å²) in [6.45, 7) is 3.44. The summed E-state index contributed by atoms with van der Waals surface area (Å²) < 4.78 is 4.82. The fourth-order valence-corrected chi connectivity index (χ4v) is 2.13. The van der Waals surface area contributed by atoms with Crippen molar-refractivity contribution in [2.24, 2.45) is 0 Å². The van der Waals surface area contributed by atoms with Crippen LogP contribution < -0.4 is 4.90 Å². The lowest BCUT2D eigenvalue weighted by atomic mass is 10.0. The average Bonchev–Trinajstić information content (AvgIpc) is 2.42. The van der Waals surface area contributed by atoms with Crippen LogP contribution in [0.5, 0.6) is 0 Å². The molecule has 0 atom stereocenters. The van der Waals surface area contributed by atoms with Crippen LogP contribution in [0.25, 0.3) is 0 Å². The number of anilines is 1. The second-order valence-corrected chi connectivity index (χ2v) is 4.29. The molecule has 0 aliphatic carbocycles. The van der Waals surface area contributed by atoms with Crippen LogP contribution in [0, 0.1) is 0 Å². The fraction of sp³-hybridized carbons (Fsp3) is 0.333. The smallest absolute Gasteiger partial charge is 0.330 e. The number of esters is 1. The van der Waals surface area contributed by atoms with Gasteiger partial charge in [-0.05, 0) is 19.1 Å². The van der Waals surface area contributed by atoms with Crippen LogP contribution in [-0.4, -0.2) is 31.4 Å². The molecule has 4 nitrogen and oxygen atoms in total. The van der Waals surface area contributed by atoms with E-state index >= 15 is 0 Å². The van der Waals surface area contributed by atoms with E-state index in [0.717, 1.165) is 11.3 Å². The Kier molecular flexibility index (Phi) is 4.34. The van der Waals surface area contributed by atoms with Crippen molar-refractivity contribution in [1.29, 1.82) is 0 Å². The van der Waals surface area contributed by atoms with Gasteiger partial charge >= 0.3 is 5.97 Å². The number of hydrogen-bond acceptors (Lipinski definition) is 4. The van der Waals surface area contributed by atoms with Gasteiger partial charge in [0.2, 0.25) is 0 Å². The zero-order chi connectivity index (χ0) is 13.7. The number of ketones is 1. The third kappa shape index (κ3) is 3.22. The molecular formula is C15H17NO3. The molecule has 1 heterocycles. The Morgan fingerprint density at radius 1 is 1.42 bits per heavy atom. The maximum Gasteiger partial charge on any atom is 0.330 e. The van der Waals surface area contributed by atoms with Crippen molar-refractivity contribution in [1.82, 2.24) is 0 Å². The first-order valence-electron chi connectivity index (χ1n) is 6.43. The Labute approximate surface area is 112 Å². The predicted molar refractivity (Wildman–Crippen MR) is 73.4 cm³/mol. The van der Waals surface area contributed by atoms with Gasteiger partial charge in [-0.15, -0.1) is 0 Å². The zero-order valence-corrected chi connectivity index (χ0v) is 11.0. The van der Waals surface area contributed by atoms with Gasteiger partial charge in [0.1, 0.15) is 0 Å². The first kappa shape index (κ1) is 13.3. The monoisotopic (exact) mass is 259 g/mol. The number of carbonyl (C=O) groups excluding carboxylic acids is 2. The van der Waals surface area contributed by atoms with Crippen molar-refractivity contribution in [3.05, 3.63) is 42.0 Å². The summed E-state index contributed by atoms with van der Waals surface area (Å²) in [5.41, 5.74) is 1.70. The fourth-order valence-electron chi connectivity index (χ4n) is 2.13. The molecule has 19 heavy (non-hydrogen) atoms. The lowest BCUT2D eigenvalue weighted by Crippen LogP contribution is -2.32. The van der Waals surface area contributed by atoms with Gasteiger partial charge in [0.25, 0.3) is 0 Å². The van der Waals surface area contributed by atoms with Gasteiger partial charge in [-0.3, -0.25) is 4.79 Å². The van der Waals surface area contributed by atoms with Crippen molar-refractivity contribution in [2.75, 3.05) is 24.6 Å². The Hall–Kier alpha value is -2.10. The number of ether oxygens (including phenoxy) is 1. The highest BCUT2D eigenvalue weighted by Gasteiger charge is 2.21. The van der Waals surface area contributed by atoms with Gasteiger partial charge in [0, 0.05) is 36.8 Å². The molecule has 1 aliphatic heterocycles. The van der Waals surface area contributed by atoms with Gasteiger partial charge in [0.05, 0.1) is 6.61 Å². The third-order valence-electron chi connectivity index (χ3n) is 3.02. The van der Waals surface area contributed by atoms with Gasteiger partial charge in [-0.1, -0.05) is 18.2 Å². The second-order valence-electron chi connectivity index (χ2n) is 4.29. The molecule has 100 valence electrons. The average molecular weight is 259 g/mol. The van der Waals surface area contributed by atoms with Crippen LogP contribution in [0.3, 0.4) is 0 Å². The minimum Gasteiger partial charge on any atom is -0.463 e. The van der Waals surface area contributed by atoms with E-state index in [2.05, 4.69) is 4.90 Å². The second kappa shape index (κ2) is 6.18. The molecule has 0 saturated carbocycles. The zero-order valence-electron chi connectivity index (χ0n) is 11.0. The van der Waals surface area contributed by atoms with E-state index in [-0.39, 0.29) is 11.8 Å². The van der Waals surface area contributed by atoms with Crippen molar-refractivity contribution in [3.8, 4) is 0 Å². The molecule has 1 aliphatic rings. The highest BCUT2D eigenvalue weighted by molar-refractivity contribution is 6.03. The van der Waals surface area contributed by atoms with Crippen molar-refractivity contribution >= 4 is 17.4 Å². The normalized spacial score (nSPS) is 14.6. The Morgan fingerprint density at radius 2 is 2.21 bits per heavy atom. The van der Waals surface area contributed by atoms with Crippen molar-refractivity contribution < 1.29 is 14.3 Å². The summed E-state index contributed by atoms with van der Waals surface area (Å²) in [5, 5.41) is 0. The van der Waals surface area contributed by atoms with Crippen molar-refractivity contribution in [3.63, 3.8) is 0 Å². The number of nitrogens with zero attached hydrogens (tertiary/aromatic N) is 1. The summed E-state index contributed by atoms with van der Waals surface area (Å²) >= 11 is 0. The quantitative estimate of drug-likeness (QED) is 0.614. The van der Waals surface area contributed by atoms with E-state index in [1.165, 1.54) is 6.08 Å². The lowest BCUT2D eigenvalue weighted by molar-refractivity contribution is -0.137. The van der Waals surface area contributed by atoms with Gasteiger partial charge in [0.15, 0.2) is 5.78 Å². The highest BCUT2D eigenvalue weighted by Crippen LogP contribution is 2.26. The molecule has 1 aromatic rings. The minimum atomic E-state index is -0.330. The largest absolute Gasteiger partial charge is 0.463 e. The number of carbonyl (C=O) groups is 2. The molecule has 0 bridgehead atoms. The van der Waals surface area contributed by atoms with E-state index < -0.39 is 0 Å². The maximum absolute atomic E-state index is 11.8. The van der Waals surface area contributed by atoms with E-state index in [9.17, 15) is 9.59 Å². The SMILES string of the molecule is CCOC(=O)/C=C/CN1CCC(=O)c2ccccc21. The lowest BCUT2D eigenvalue weighted by Gasteiger charge is -2.29. The Balaban J connectivity index is 2.05. The molecule has 0 saturated heterocycles. The van der Waals surface area contributed by atoms with Crippen molar-refractivity contribution in [2.45, 2.75) is 13.3 Å². The Bertz CT molecular complexity index is 508. The molecule has 0 radical (unpaired) electrons. The van der Waals surface area contributed by atoms with E-state index in [1.807, 2.05) is 24.3 Å². The molecule has 1 aromatic carbocycles. The van der Waals surface area contributed by atoms with Crippen LogP contribution in [0.15, 0.2) is 36.4 Å². The van der Waals surface area contributed by atoms with Crippen LogP contribution in [0.2, 0.25) is 0 Å². The van der Waals surface area contributed by atoms with Crippen LogP contribution in [0.1, 0.15) is 23.7 Å². The predicted octanol–water partition coefficient (Wildman–Crippen LogP) is 2.20. The molecular weight excluding hydrogens is 242 g/mol. The van der Waals surface area contributed by atoms with Crippen LogP contribution in [0.4, 0.5) is 5.69 Å². The minimum absolute atomic E-state index is 0.182. The van der Waals surface area contributed by atoms with Crippen LogP contribution >= 0.6 is 0 Å². The van der Waals surface area contributed by atoms with E-state index in [4.69, 9.17) is 4.74 Å². The van der Waals surface area contributed by atoms with Gasteiger partial charge < -0.3 is 9.64 Å². The number of benzene rings is 1. The topological polar surface area (TPSA) is 46.6 Å². The number of para-hydroxylation sites is 1. The van der Waals surface area contributed by atoms with Crippen LogP contribution in [-0.2, 0) is 9.53 Å². The van der Waals surface area contributed by atoms with E-state index in [1.54, 1.807) is 13.0 Å². The number of hydrogen-bond donors (Lipinski definition) is 0. The summed E-state index contributed by atoms with van der Waals surface area (Å²) in [5.74, 6) is -0.148. The maximum atomic E-state index is 11.8. The standard InChI is InChI=1S/C15H17NO3/c1-2-19-15(18)8-5-10-16-11-9-14(17)12-6-3-4-7-13(12)16/h3-8H,2,9-11H2,1H3/b8-5+. The molecule has 0 amide bonds. The number of rotatable bonds is 4. The highest BCUT2D eigenvalue weighted by atomic mass is 16.5. The van der Waals surface area contributed by atoms with Gasteiger partial charge in [-0.2, -0.15) is 0 Å². The summed E-state index contributed by atoms with van der Waals surface area (Å²) in [6, 6.07) is 7.57. The van der Waals surface area contributed by atoms with Gasteiger partial charge in [-0.25, -0.2) is 4.79 Å². The molecule has 0 unspecified atom stereocenters.